The molecule has 3 aliphatic heterocycles. The van der Waals surface area contributed by atoms with Crippen molar-refractivity contribution in [3.8, 4) is 0 Å². The minimum atomic E-state index is -1.99. The Morgan fingerprint density at radius 1 is 0.359 bits per heavy atom. The van der Waals surface area contributed by atoms with Gasteiger partial charge in [0.05, 0.1) is 38.6 Å². The van der Waals surface area contributed by atoms with Crippen LogP contribution in [0.25, 0.3) is 0 Å². The number of hydrogen-bond acceptors (Lipinski definition) is 18. The monoisotopic (exact) mass is 1460 g/mol. The van der Waals surface area contributed by atoms with E-state index in [2.05, 4.69) is 104 Å². The Labute approximate surface area is 622 Å². The van der Waals surface area contributed by atoms with Gasteiger partial charge >= 0.3 is 0 Å². The molecular weight excluding hydrogens is 1310 g/mol. The van der Waals surface area contributed by atoms with Crippen LogP contribution in [0.2, 0.25) is 0 Å². The summed E-state index contributed by atoms with van der Waals surface area (Å²) >= 11 is 0. The van der Waals surface area contributed by atoms with Gasteiger partial charge in [0.15, 0.2) is 18.9 Å². The second-order valence-corrected chi connectivity index (χ2v) is 28.8. The lowest BCUT2D eigenvalue weighted by atomic mass is 9.96. The van der Waals surface area contributed by atoms with Crippen molar-refractivity contribution in [2.24, 2.45) is 0 Å². The second-order valence-electron chi connectivity index (χ2n) is 28.8. The van der Waals surface area contributed by atoms with Crippen LogP contribution in [0.3, 0.4) is 0 Å². The van der Waals surface area contributed by atoms with Crippen LogP contribution in [0.15, 0.2) is 97.2 Å². The van der Waals surface area contributed by atoms with Crippen LogP contribution in [0, 0.1) is 0 Å². The fourth-order valence-corrected chi connectivity index (χ4v) is 13.3. The van der Waals surface area contributed by atoms with Crippen LogP contribution in [0.5, 0.6) is 0 Å². The fourth-order valence-electron chi connectivity index (χ4n) is 13.3. The summed E-state index contributed by atoms with van der Waals surface area (Å²) in [5.41, 5.74) is 0. The van der Waals surface area contributed by atoms with E-state index in [0.717, 1.165) is 89.9 Å². The maximum atomic E-state index is 13.5. The molecule has 3 rings (SSSR count). The van der Waals surface area contributed by atoms with Gasteiger partial charge in [0.1, 0.15) is 73.2 Å². The van der Waals surface area contributed by atoms with E-state index in [1.807, 2.05) is 6.08 Å². The number of ether oxygens (including phenoxy) is 6. The van der Waals surface area contributed by atoms with Crippen molar-refractivity contribution in [2.45, 2.75) is 401 Å². The van der Waals surface area contributed by atoms with Crippen LogP contribution in [-0.2, 0) is 33.2 Å². The number of allylic oxidation sites excluding steroid dienone is 15. The Balaban J connectivity index is 1.39. The number of aliphatic hydroxyl groups excluding tert-OH is 11. The van der Waals surface area contributed by atoms with E-state index in [9.17, 15) is 61.0 Å². The van der Waals surface area contributed by atoms with Gasteiger partial charge in [-0.1, -0.05) is 297 Å². The SMILES string of the molecule is CC/C=C\C/C=C\C/C=C\C/C=C\C/C=C\CCCCCCCCCCCC(=O)NC(COC1OC(CO)C(OC2OC(CO)C(OC3OC(CO)C(O)C(O)C3O)C(O)C2O)C(O)C1O)C(O)/C=C/CC/C=C/CC/C=C/CCCCCCCCCCCCCCCCCCCCCCCCC. The molecule has 1 amide bonds. The molecule has 19 heteroatoms. The standard InChI is InChI=1S/C84H147NO18/c1-3-5-7-9-11-13-15-17-19-21-23-25-27-29-30-31-32-33-34-35-36-38-39-41-43-45-47-49-51-53-55-57-59-61-68(89)67(85-72(90)62-60-58-56-54-52-50-48-46-44-42-40-37-28-26-24-22-20-18-16-14-12-10-8-6-4-2)66-98-82-78(96)75(93)80(70(64-87)100-82)103-84-79(97)76(94)81(71(65-88)101-84)102-83-77(95)74(92)73(91)69(63-86)99-83/h6,8,12,14,18,20,24,26,37,40,43,45,51,53,59,61,67-71,73-84,86-89,91-97H,3-5,7,9-11,13,15-17,19,21-23,25,27-36,38-39,41-42,44,46-50,52,54-58,60,62-66H2,1-2H3,(H,85,90)/b8-6-,14-12-,20-18-,26-24-,40-37-,45-43+,53-51+,61-59+. The molecule has 3 aliphatic rings. The molecule has 19 nitrogen and oxygen atoms in total. The zero-order valence-electron chi connectivity index (χ0n) is 63.8. The number of nitrogens with one attached hydrogen (secondary N) is 1. The van der Waals surface area contributed by atoms with Gasteiger partial charge in [-0.25, -0.2) is 0 Å². The lowest BCUT2D eigenvalue weighted by Crippen LogP contribution is -2.66. The molecule has 0 aromatic carbocycles. The van der Waals surface area contributed by atoms with Crippen molar-refractivity contribution in [3.05, 3.63) is 97.2 Å². The fraction of sp³-hybridized carbons (Fsp3) is 0.798. The van der Waals surface area contributed by atoms with Crippen LogP contribution < -0.4 is 5.32 Å². The third-order valence-electron chi connectivity index (χ3n) is 19.8. The number of carbonyl (C=O) groups excluding carboxylic acids is 1. The average Bonchev–Trinajstić information content (AvgIpc) is 0.781. The van der Waals surface area contributed by atoms with Crippen LogP contribution in [0.4, 0.5) is 0 Å². The van der Waals surface area contributed by atoms with Crippen molar-refractivity contribution in [3.63, 3.8) is 0 Å². The maximum absolute atomic E-state index is 13.5. The lowest BCUT2D eigenvalue weighted by Gasteiger charge is -2.48. The van der Waals surface area contributed by atoms with Crippen LogP contribution in [0.1, 0.15) is 296 Å². The zero-order chi connectivity index (χ0) is 74.6. The topological polar surface area (TPSA) is 307 Å². The van der Waals surface area contributed by atoms with Crippen molar-refractivity contribution in [1.29, 1.82) is 0 Å². The smallest absolute Gasteiger partial charge is 0.220 e. The van der Waals surface area contributed by atoms with E-state index in [1.165, 1.54) is 173 Å². The van der Waals surface area contributed by atoms with Crippen molar-refractivity contribution < 1.29 is 89.4 Å². The van der Waals surface area contributed by atoms with Gasteiger partial charge in [0.2, 0.25) is 5.91 Å². The first kappa shape index (κ1) is 93.9. The Bertz CT molecular complexity index is 2240. The molecule has 17 atom stereocenters. The molecule has 3 saturated heterocycles. The van der Waals surface area contributed by atoms with Crippen LogP contribution >= 0.6 is 0 Å². The maximum Gasteiger partial charge on any atom is 0.220 e. The third kappa shape index (κ3) is 43.5. The second kappa shape index (κ2) is 63.6. The predicted octanol–water partition coefficient (Wildman–Crippen LogP) is 14.0. The highest BCUT2D eigenvalue weighted by Gasteiger charge is 2.54. The van der Waals surface area contributed by atoms with E-state index >= 15 is 0 Å². The van der Waals surface area contributed by atoms with Gasteiger partial charge in [0.25, 0.3) is 0 Å². The quantitative estimate of drug-likeness (QED) is 0.0199. The highest BCUT2D eigenvalue weighted by Crippen LogP contribution is 2.33. The largest absolute Gasteiger partial charge is 0.394 e. The van der Waals surface area contributed by atoms with Crippen molar-refractivity contribution >= 4 is 5.91 Å². The summed E-state index contributed by atoms with van der Waals surface area (Å²) in [5.74, 6) is -0.297. The van der Waals surface area contributed by atoms with Gasteiger partial charge in [-0.15, -0.1) is 0 Å². The number of hydrogen-bond donors (Lipinski definition) is 12. The molecule has 596 valence electrons. The van der Waals surface area contributed by atoms with E-state index < -0.39 is 124 Å². The number of amides is 1. The van der Waals surface area contributed by atoms with Gasteiger partial charge in [-0.05, 0) is 89.9 Å². The number of carbonyl (C=O) groups is 1. The average molecular weight is 1460 g/mol. The van der Waals surface area contributed by atoms with E-state index in [1.54, 1.807) is 6.08 Å². The molecule has 0 aromatic heterocycles. The van der Waals surface area contributed by atoms with E-state index in [4.69, 9.17) is 28.4 Å². The molecule has 0 spiro atoms. The number of aliphatic hydroxyl groups is 11. The Hall–Kier alpha value is -3.29. The molecule has 0 aliphatic carbocycles. The minimum absolute atomic E-state index is 0.219. The molecule has 3 fully saturated rings. The van der Waals surface area contributed by atoms with Gasteiger partial charge in [-0.2, -0.15) is 0 Å². The molecule has 0 bridgehead atoms. The summed E-state index contributed by atoms with van der Waals surface area (Å²) in [7, 11) is 0. The third-order valence-corrected chi connectivity index (χ3v) is 19.8. The molecule has 3 heterocycles. The van der Waals surface area contributed by atoms with Crippen molar-refractivity contribution in [1.82, 2.24) is 5.32 Å². The molecule has 0 saturated carbocycles. The van der Waals surface area contributed by atoms with E-state index in [-0.39, 0.29) is 18.9 Å². The summed E-state index contributed by atoms with van der Waals surface area (Å²) in [6.07, 6.45) is 59.7. The summed E-state index contributed by atoms with van der Waals surface area (Å²) in [6.45, 7) is 1.61. The normalized spacial score (nSPS) is 26.6. The molecule has 17 unspecified atom stereocenters. The number of rotatable bonds is 64. The first-order chi connectivity index (χ1) is 50.3. The summed E-state index contributed by atoms with van der Waals surface area (Å²) in [4.78, 5) is 13.5. The molecule has 12 N–H and O–H groups in total. The van der Waals surface area contributed by atoms with Crippen LogP contribution in [-0.4, -0.2) is 193 Å². The highest BCUT2D eigenvalue weighted by atomic mass is 16.8. The molecule has 103 heavy (non-hydrogen) atoms. The van der Waals surface area contributed by atoms with E-state index in [0.29, 0.717) is 12.8 Å². The first-order valence-electron chi connectivity index (χ1n) is 41.0. The lowest BCUT2D eigenvalue weighted by molar-refractivity contribution is -0.379. The molecule has 0 aromatic rings. The Kier molecular flexibility index (Phi) is 58.0. The van der Waals surface area contributed by atoms with Crippen molar-refractivity contribution in [2.75, 3.05) is 26.4 Å². The highest BCUT2D eigenvalue weighted by molar-refractivity contribution is 5.76. The predicted molar refractivity (Wildman–Crippen MR) is 411 cm³/mol. The Morgan fingerprint density at radius 3 is 1.09 bits per heavy atom. The Morgan fingerprint density at radius 2 is 0.680 bits per heavy atom. The summed E-state index contributed by atoms with van der Waals surface area (Å²) in [5, 5.41) is 121. The summed E-state index contributed by atoms with van der Waals surface area (Å²) in [6, 6.07) is -1.01. The summed E-state index contributed by atoms with van der Waals surface area (Å²) < 4.78 is 34.4. The number of unbranched alkanes of at least 4 members (excludes halogenated alkanes) is 34. The minimum Gasteiger partial charge on any atom is -0.394 e. The zero-order valence-corrected chi connectivity index (χ0v) is 63.8. The van der Waals surface area contributed by atoms with Gasteiger partial charge < -0.3 is 89.9 Å². The first-order valence-corrected chi connectivity index (χ1v) is 41.0. The van der Waals surface area contributed by atoms with Gasteiger partial charge in [-0.3, -0.25) is 4.79 Å². The molecule has 0 radical (unpaired) electrons. The van der Waals surface area contributed by atoms with Gasteiger partial charge in [0, 0.05) is 6.42 Å². The molecular formula is C84H147NO18.